The normalized spacial score (nSPS) is 16.0. The number of rotatable bonds is 6. The molecule has 7 nitrogen and oxygen atoms in total. The Kier molecular flexibility index (Phi) is 6.24. The number of hydrogen-bond acceptors (Lipinski definition) is 4. The fourth-order valence-electron chi connectivity index (χ4n) is 3.55. The fraction of sp³-hybridized carbons (Fsp3) is 0.450. The minimum atomic E-state index is -0.488. The lowest BCUT2D eigenvalue weighted by Gasteiger charge is -2.35. The van der Waals surface area contributed by atoms with Crippen LogP contribution in [0.1, 0.15) is 36.4 Å². The number of carbonyl (C=O) groups is 1. The van der Waals surface area contributed by atoms with Crippen molar-refractivity contribution in [3.63, 3.8) is 0 Å². The Hall–Kier alpha value is -2.67. The third-order valence-electron chi connectivity index (χ3n) is 5.11. The van der Waals surface area contributed by atoms with Crippen molar-refractivity contribution in [2.24, 2.45) is 7.05 Å². The molecule has 0 unspecified atom stereocenters. The Morgan fingerprint density at radius 2 is 1.85 bits per heavy atom. The third-order valence-corrected chi connectivity index (χ3v) is 5.11. The summed E-state index contributed by atoms with van der Waals surface area (Å²) in [5, 5.41) is 2.97. The van der Waals surface area contributed by atoms with Crippen LogP contribution < -0.4 is 16.6 Å². The number of H-pyrrole nitrogens is 1. The van der Waals surface area contributed by atoms with E-state index >= 15 is 0 Å². The summed E-state index contributed by atoms with van der Waals surface area (Å²) in [7, 11) is 1.39. The van der Waals surface area contributed by atoms with Crippen LogP contribution in [0.2, 0.25) is 0 Å². The first kappa shape index (κ1) is 19.1. The Morgan fingerprint density at radius 1 is 1.15 bits per heavy atom. The number of aromatic nitrogens is 2. The van der Waals surface area contributed by atoms with Gasteiger partial charge in [0.1, 0.15) is 0 Å². The predicted molar refractivity (Wildman–Crippen MR) is 104 cm³/mol. The average molecular weight is 370 g/mol. The van der Waals surface area contributed by atoms with E-state index < -0.39 is 11.2 Å². The van der Waals surface area contributed by atoms with Gasteiger partial charge in [-0.3, -0.25) is 19.1 Å². The zero-order chi connectivity index (χ0) is 19.2. The zero-order valence-corrected chi connectivity index (χ0v) is 15.6. The molecule has 27 heavy (non-hydrogen) atoms. The fourth-order valence-corrected chi connectivity index (χ4v) is 3.55. The van der Waals surface area contributed by atoms with Crippen LogP contribution in [0.3, 0.4) is 0 Å². The third kappa shape index (κ3) is 4.74. The van der Waals surface area contributed by atoms with Crippen molar-refractivity contribution < 1.29 is 4.79 Å². The maximum absolute atomic E-state index is 12.4. The molecule has 1 aliphatic heterocycles. The molecule has 0 saturated carbocycles. The van der Waals surface area contributed by atoms with Gasteiger partial charge in [-0.05, 0) is 31.5 Å². The smallest absolute Gasteiger partial charge is 0.328 e. The highest BCUT2D eigenvalue weighted by atomic mass is 16.2. The highest BCUT2D eigenvalue weighted by Crippen LogP contribution is 2.23. The van der Waals surface area contributed by atoms with Crippen LogP contribution in [0.15, 0.2) is 46.1 Å². The van der Waals surface area contributed by atoms with E-state index in [4.69, 9.17) is 0 Å². The number of carbonyl (C=O) groups excluding carboxylic acids is 1. The summed E-state index contributed by atoms with van der Waals surface area (Å²) in [6.45, 7) is 2.54. The molecule has 1 fully saturated rings. The number of piperidine rings is 1. The van der Waals surface area contributed by atoms with Crippen LogP contribution in [-0.2, 0) is 18.3 Å². The number of aromatic amines is 1. The van der Waals surface area contributed by atoms with E-state index in [1.165, 1.54) is 38.1 Å². The van der Waals surface area contributed by atoms with E-state index in [2.05, 4.69) is 27.3 Å². The first-order valence-electron chi connectivity index (χ1n) is 9.39. The molecule has 1 aliphatic rings. The molecule has 1 atom stereocenters. The van der Waals surface area contributed by atoms with Gasteiger partial charge in [0.2, 0.25) is 5.91 Å². The van der Waals surface area contributed by atoms with E-state index in [9.17, 15) is 14.4 Å². The van der Waals surface area contributed by atoms with Gasteiger partial charge in [0, 0.05) is 25.4 Å². The molecule has 2 aromatic rings. The second kappa shape index (κ2) is 8.81. The van der Waals surface area contributed by atoms with E-state index in [0.29, 0.717) is 6.54 Å². The highest BCUT2D eigenvalue weighted by molar-refractivity contribution is 5.78. The number of hydrogen-bond donors (Lipinski definition) is 2. The summed E-state index contributed by atoms with van der Waals surface area (Å²) < 4.78 is 0.975. The quantitative estimate of drug-likeness (QED) is 0.793. The summed E-state index contributed by atoms with van der Waals surface area (Å²) in [4.78, 5) is 40.8. The number of likely N-dealkylation sites (tertiary alicyclic amines) is 1. The molecule has 0 bridgehead atoms. The van der Waals surface area contributed by atoms with Crippen LogP contribution in [0.5, 0.6) is 0 Å². The van der Waals surface area contributed by atoms with Crippen molar-refractivity contribution in [3.05, 3.63) is 68.5 Å². The van der Waals surface area contributed by atoms with Gasteiger partial charge in [0.15, 0.2) is 0 Å². The summed E-state index contributed by atoms with van der Waals surface area (Å²) in [5.41, 5.74) is 0.534. The van der Waals surface area contributed by atoms with Crippen molar-refractivity contribution in [2.75, 3.05) is 19.6 Å². The molecule has 144 valence electrons. The van der Waals surface area contributed by atoms with Crippen LogP contribution in [0.25, 0.3) is 0 Å². The Balaban J connectivity index is 1.68. The molecule has 0 aliphatic carbocycles. The van der Waals surface area contributed by atoms with E-state index in [1.54, 1.807) is 0 Å². The van der Waals surface area contributed by atoms with Gasteiger partial charge in [-0.2, -0.15) is 0 Å². The molecule has 1 aromatic heterocycles. The second-order valence-electron chi connectivity index (χ2n) is 6.99. The van der Waals surface area contributed by atoms with Crippen molar-refractivity contribution in [2.45, 2.75) is 31.7 Å². The zero-order valence-electron chi connectivity index (χ0n) is 15.6. The maximum atomic E-state index is 12.4. The standard InChI is InChI=1S/C20H26N4O3/c1-23-19(26)16(13-22-20(23)27)12-18(25)21-14-17(15-8-4-2-5-9-15)24-10-6-3-7-11-24/h2,4-5,8-9,13,17H,3,6-7,10-12,14H2,1H3,(H,21,25)(H,22,27)/t17-/m0/s1. The molecule has 2 N–H and O–H groups in total. The lowest BCUT2D eigenvalue weighted by Crippen LogP contribution is -2.42. The summed E-state index contributed by atoms with van der Waals surface area (Å²) >= 11 is 0. The van der Waals surface area contributed by atoms with Crippen LogP contribution in [-0.4, -0.2) is 40.0 Å². The SMILES string of the molecule is Cn1c(=O)[nH]cc(CC(=O)NC[C@@H](c2ccccc2)N2CCCCC2)c1=O. The first-order chi connectivity index (χ1) is 13.1. The number of nitrogens with one attached hydrogen (secondary N) is 2. The van der Waals surface area contributed by atoms with E-state index in [1.807, 2.05) is 18.2 Å². The molecule has 1 amide bonds. The molecule has 2 heterocycles. The van der Waals surface area contributed by atoms with E-state index in [-0.39, 0.29) is 23.9 Å². The van der Waals surface area contributed by atoms with Gasteiger partial charge in [-0.25, -0.2) is 4.79 Å². The van der Waals surface area contributed by atoms with Crippen LogP contribution >= 0.6 is 0 Å². The second-order valence-corrected chi connectivity index (χ2v) is 6.99. The predicted octanol–water partition coefficient (Wildman–Crippen LogP) is 0.960. The summed E-state index contributed by atoms with van der Waals surface area (Å²) in [5.74, 6) is -0.225. The monoisotopic (exact) mass is 370 g/mol. The van der Waals surface area contributed by atoms with Crippen molar-refractivity contribution in [3.8, 4) is 0 Å². The minimum absolute atomic E-state index is 0.0506. The van der Waals surface area contributed by atoms with Crippen molar-refractivity contribution in [1.29, 1.82) is 0 Å². The number of nitrogens with zero attached hydrogens (tertiary/aromatic N) is 2. The molecular formula is C20H26N4O3. The lowest BCUT2D eigenvalue weighted by molar-refractivity contribution is -0.120. The van der Waals surface area contributed by atoms with Crippen LogP contribution in [0.4, 0.5) is 0 Å². The number of benzene rings is 1. The summed E-state index contributed by atoms with van der Waals surface area (Å²) in [6, 6.07) is 10.3. The minimum Gasteiger partial charge on any atom is -0.354 e. The average Bonchev–Trinajstić information content (AvgIpc) is 2.70. The summed E-state index contributed by atoms with van der Waals surface area (Å²) in [6.07, 6.45) is 4.86. The van der Waals surface area contributed by atoms with Crippen LogP contribution in [0, 0.1) is 0 Å². The molecule has 1 aromatic carbocycles. The lowest BCUT2D eigenvalue weighted by atomic mass is 10.0. The first-order valence-corrected chi connectivity index (χ1v) is 9.39. The topological polar surface area (TPSA) is 87.2 Å². The van der Waals surface area contributed by atoms with E-state index in [0.717, 1.165) is 17.7 Å². The van der Waals surface area contributed by atoms with Gasteiger partial charge in [0.05, 0.1) is 12.5 Å². The van der Waals surface area contributed by atoms with Gasteiger partial charge in [0.25, 0.3) is 5.56 Å². The maximum Gasteiger partial charge on any atom is 0.328 e. The molecule has 1 saturated heterocycles. The van der Waals surface area contributed by atoms with Gasteiger partial charge in [-0.1, -0.05) is 36.8 Å². The van der Waals surface area contributed by atoms with Gasteiger partial charge in [-0.15, -0.1) is 0 Å². The molecule has 7 heteroatoms. The number of amides is 1. The molecule has 0 spiro atoms. The Bertz CT molecular complexity index is 882. The van der Waals surface area contributed by atoms with Crippen molar-refractivity contribution >= 4 is 5.91 Å². The Labute approximate surface area is 158 Å². The largest absolute Gasteiger partial charge is 0.354 e. The molecular weight excluding hydrogens is 344 g/mol. The molecule has 3 rings (SSSR count). The van der Waals surface area contributed by atoms with Gasteiger partial charge >= 0.3 is 5.69 Å². The van der Waals surface area contributed by atoms with Crippen molar-refractivity contribution in [1.82, 2.24) is 19.8 Å². The van der Waals surface area contributed by atoms with Gasteiger partial charge < -0.3 is 10.3 Å². The Morgan fingerprint density at radius 3 is 2.56 bits per heavy atom. The molecule has 0 radical (unpaired) electrons. The highest BCUT2D eigenvalue weighted by Gasteiger charge is 2.23.